The van der Waals surface area contributed by atoms with Gasteiger partial charge in [0, 0.05) is 6.61 Å². The SMILES string of the molecule is CCOCCOC(C(=O)O)c1ccccc1. The Morgan fingerprint density at radius 1 is 1.31 bits per heavy atom. The van der Waals surface area contributed by atoms with E-state index < -0.39 is 12.1 Å². The number of rotatable bonds is 7. The molecule has 0 heterocycles. The van der Waals surface area contributed by atoms with Gasteiger partial charge in [-0.25, -0.2) is 4.79 Å². The van der Waals surface area contributed by atoms with Crippen molar-refractivity contribution >= 4 is 5.97 Å². The summed E-state index contributed by atoms with van der Waals surface area (Å²) in [4.78, 5) is 11.0. The molecule has 1 atom stereocenters. The Bertz CT molecular complexity index is 310. The van der Waals surface area contributed by atoms with Gasteiger partial charge in [-0.15, -0.1) is 0 Å². The first kappa shape index (κ1) is 12.7. The standard InChI is InChI=1S/C12H16O4/c1-2-15-8-9-16-11(12(13)14)10-6-4-3-5-7-10/h3-7,11H,2,8-9H2,1H3,(H,13,14). The van der Waals surface area contributed by atoms with Crippen molar-refractivity contribution in [3.63, 3.8) is 0 Å². The summed E-state index contributed by atoms with van der Waals surface area (Å²) < 4.78 is 10.3. The third-order valence-electron chi connectivity index (χ3n) is 2.04. The van der Waals surface area contributed by atoms with E-state index >= 15 is 0 Å². The molecule has 0 radical (unpaired) electrons. The van der Waals surface area contributed by atoms with Crippen LogP contribution in [0.3, 0.4) is 0 Å². The lowest BCUT2D eigenvalue weighted by atomic mass is 10.1. The van der Waals surface area contributed by atoms with Crippen LogP contribution in [0.5, 0.6) is 0 Å². The van der Waals surface area contributed by atoms with Crippen molar-refractivity contribution in [3.8, 4) is 0 Å². The molecule has 16 heavy (non-hydrogen) atoms. The van der Waals surface area contributed by atoms with Crippen LogP contribution in [0, 0.1) is 0 Å². The van der Waals surface area contributed by atoms with Crippen molar-refractivity contribution in [1.29, 1.82) is 0 Å². The lowest BCUT2D eigenvalue weighted by Gasteiger charge is -2.13. The normalized spacial score (nSPS) is 12.3. The first-order chi connectivity index (χ1) is 7.75. The third kappa shape index (κ3) is 4.00. The minimum absolute atomic E-state index is 0.277. The smallest absolute Gasteiger partial charge is 0.337 e. The molecule has 1 aromatic rings. The van der Waals surface area contributed by atoms with Crippen molar-refractivity contribution < 1.29 is 19.4 Å². The molecule has 1 unspecified atom stereocenters. The van der Waals surface area contributed by atoms with Crippen LogP contribution in [0.15, 0.2) is 30.3 Å². The first-order valence-electron chi connectivity index (χ1n) is 5.22. The van der Waals surface area contributed by atoms with Crippen LogP contribution < -0.4 is 0 Å². The van der Waals surface area contributed by atoms with E-state index in [1.165, 1.54) is 0 Å². The van der Waals surface area contributed by atoms with E-state index in [1.54, 1.807) is 24.3 Å². The molecule has 0 saturated carbocycles. The Morgan fingerprint density at radius 2 is 2.00 bits per heavy atom. The van der Waals surface area contributed by atoms with Crippen molar-refractivity contribution in [2.24, 2.45) is 0 Å². The number of carboxylic acid groups (broad SMARTS) is 1. The van der Waals surface area contributed by atoms with Gasteiger partial charge in [-0.05, 0) is 12.5 Å². The average Bonchev–Trinajstić information content (AvgIpc) is 2.30. The fourth-order valence-electron chi connectivity index (χ4n) is 1.31. The Balaban J connectivity index is 2.52. The van der Waals surface area contributed by atoms with Gasteiger partial charge < -0.3 is 14.6 Å². The van der Waals surface area contributed by atoms with Crippen molar-refractivity contribution in [2.75, 3.05) is 19.8 Å². The second-order valence-electron chi connectivity index (χ2n) is 3.20. The zero-order valence-corrected chi connectivity index (χ0v) is 9.26. The van der Waals surface area contributed by atoms with E-state index in [9.17, 15) is 4.79 Å². The minimum atomic E-state index is -0.984. The summed E-state index contributed by atoms with van der Waals surface area (Å²) in [5, 5.41) is 9.02. The van der Waals surface area contributed by atoms with Gasteiger partial charge in [0.2, 0.25) is 0 Å². The van der Waals surface area contributed by atoms with E-state index in [-0.39, 0.29) is 6.61 Å². The van der Waals surface area contributed by atoms with Gasteiger partial charge in [0.05, 0.1) is 13.2 Å². The molecule has 88 valence electrons. The van der Waals surface area contributed by atoms with Gasteiger partial charge in [0.25, 0.3) is 0 Å². The number of carbonyl (C=O) groups is 1. The molecule has 0 aliphatic rings. The summed E-state index contributed by atoms with van der Waals surface area (Å²) in [5.41, 5.74) is 0.645. The van der Waals surface area contributed by atoms with Crippen LogP contribution in [0.1, 0.15) is 18.6 Å². The molecule has 0 spiro atoms. The second-order valence-corrected chi connectivity index (χ2v) is 3.20. The molecule has 0 aliphatic heterocycles. The molecule has 4 nitrogen and oxygen atoms in total. The van der Waals surface area contributed by atoms with E-state index in [0.29, 0.717) is 18.8 Å². The second kappa shape index (κ2) is 6.98. The summed E-state index contributed by atoms with van der Waals surface area (Å²) in [7, 11) is 0. The van der Waals surface area contributed by atoms with Gasteiger partial charge in [-0.1, -0.05) is 30.3 Å². The number of hydrogen-bond acceptors (Lipinski definition) is 3. The van der Waals surface area contributed by atoms with Crippen molar-refractivity contribution in [1.82, 2.24) is 0 Å². The molecule has 1 aromatic carbocycles. The molecule has 0 bridgehead atoms. The van der Waals surface area contributed by atoms with Gasteiger partial charge in [0.1, 0.15) is 0 Å². The summed E-state index contributed by atoms with van der Waals surface area (Å²) >= 11 is 0. The highest BCUT2D eigenvalue weighted by Crippen LogP contribution is 2.16. The van der Waals surface area contributed by atoms with Crippen LogP contribution in [-0.2, 0) is 14.3 Å². The maximum Gasteiger partial charge on any atom is 0.337 e. The fourth-order valence-corrected chi connectivity index (χ4v) is 1.31. The van der Waals surface area contributed by atoms with Crippen molar-refractivity contribution in [2.45, 2.75) is 13.0 Å². The maximum atomic E-state index is 11.0. The number of ether oxygens (including phenoxy) is 2. The number of aliphatic carboxylic acids is 1. The fraction of sp³-hybridized carbons (Fsp3) is 0.417. The van der Waals surface area contributed by atoms with E-state index in [4.69, 9.17) is 14.6 Å². The van der Waals surface area contributed by atoms with Crippen LogP contribution in [-0.4, -0.2) is 30.9 Å². The highest BCUT2D eigenvalue weighted by atomic mass is 16.5. The quantitative estimate of drug-likeness (QED) is 0.718. The minimum Gasteiger partial charge on any atom is -0.479 e. The molecule has 0 amide bonds. The zero-order chi connectivity index (χ0) is 11.8. The van der Waals surface area contributed by atoms with Crippen LogP contribution >= 0.6 is 0 Å². The largest absolute Gasteiger partial charge is 0.479 e. The predicted molar refractivity (Wildman–Crippen MR) is 59.3 cm³/mol. The Kier molecular flexibility index (Phi) is 5.53. The Hall–Kier alpha value is -1.39. The average molecular weight is 224 g/mol. The molecule has 0 aromatic heterocycles. The van der Waals surface area contributed by atoms with Gasteiger partial charge in [-0.2, -0.15) is 0 Å². The van der Waals surface area contributed by atoms with Gasteiger partial charge >= 0.3 is 5.97 Å². The van der Waals surface area contributed by atoms with Crippen molar-refractivity contribution in [3.05, 3.63) is 35.9 Å². The monoisotopic (exact) mass is 224 g/mol. The summed E-state index contributed by atoms with van der Waals surface area (Å²) in [6.07, 6.45) is -0.915. The van der Waals surface area contributed by atoms with E-state index in [2.05, 4.69) is 0 Å². The summed E-state index contributed by atoms with van der Waals surface area (Å²) in [5.74, 6) is -0.984. The maximum absolute atomic E-state index is 11.0. The highest BCUT2D eigenvalue weighted by molar-refractivity contribution is 5.74. The van der Waals surface area contributed by atoms with Gasteiger partial charge in [-0.3, -0.25) is 0 Å². The molecular weight excluding hydrogens is 208 g/mol. The van der Waals surface area contributed by atoms with Crippen LogP contribution in [0.4, 0.5) is 0 Å². The molecule has 1 rings (SSSR count). The van der Waals surface area contributed by atoms with E-state index in [1.807, 2.05) is 13.0 Å². The summed E-state index contributed by atoms with van der Waals surface area (Å²) in [6.45, 7) is 3.17. The number of hydrogen-bond donors (Lipinski definition) is 1. The topological polar surface area (TPSA) is 55.8 Å². The third-order valence-corrected chi connectivity index (χ3v) is 2.04. The van der Waals surface area contributed by atoms with Crippen LogP contribution in [0.25, 0.3) is 0 Å². The molecule has 1 N–H and O–H groups in total. The zero-order valence-electron chi connectivity index (χ0n) is 9.26. The lowest BCUT2D eigenvalue weighted by Crippen LogP contribution is -2.17. The number of benzene rings is 1. The lowest BCUT2D eigenvalue weighted by molar-refractivity contribution is -0.151. The van der Waals surface area contributed by atoms with Gasteiger partial charge in [0.15, 0.2) is 6.10 Å². The Labute approximate surface area is 94.8 Å². The first-order valence-corrected chi connectivity index (χ1v) is 5.22. The molecule has 0 fully saturated rings. The molecule has 4 heteroatoms. The number of carboxylic acids is 1. The highest BCUT2D eigenvalue weighted by Gasteiger charge is 2.19. The van der Waals surface area contributed by atoms with Crippen LogP contribution in [0.2, 0.25) is 0 Å². The molecule has 0 aliphatic carbocycles. The molecule has 0 saturated heterocycles. The predicted octanol–water partition coefficient (Wildman–Crippen LogP) is 1.87. The van der Waals surface area contributed by atoms with E-state index in [0.717, 1.165) is 0 Å². The summed E-state index contributed by atoms with van der Waals surface area (Å²) in [6, 6.07) is 8.88. The Morgan fingerprint density at radius 3 is 2.56 bits per heavy atom. The molecular formula is C12H16O4.